The summed E-state index contributed by atoms with van der Waals surface area (Å²) in [5.41, 5.74) is 2.56. The number of pyridine rings is 1. The molecule has 1 aliphatic carbocycles. The van der Waals surface area contributed by atoms with Crippen LogP contribution in [0.25, 0.3) is 0 Å². The van der Waals surface area contributed by atoms with Crippen molar-refractivity contribution in [2.45, 2.75) is 76.2 Å². The highest BCUT2D eigenvalue weighted by Gasteiger charge is 2.46. The third kappa shape index (κ3) is 5.65. The monoisotopic (exact) mass is 475 g/mol. The maximum Gasteiger partial charge on any atom is 0.218 e. The molecule has 1 aliphatic heterocycles. The molecule has 2 heterocycles. The molecule has 33 heavy (non-hydrogen) atoms. The second kappa shape index (κ2) is 9.95. The lowest BCUT2D eigenvalue weighted by Crippen LogP contribution is -2.52. The van der Waals surface area contributed by atoms with Crippen LogP contribution in [0.1, 0.15) is 62.3 Å². The van der Waals surface area contributed by atoms with E-state index >= 15 is 0 Å². The van der Waals surface area contributed by atoms with Gasteiger partial charge in [0.05, 0.1) is 12.1 Å². The fraction of sp³-hybridized carbons (Fsp3) is 0.520. The van der Waals surface area contributed by atoms with E-state index in [0.717, 1.165) is 43.2 Å². The molecule has 2 aliphatic rings. The summed E-state index contributed by atoms with van der Waals surface area (Å²) in [7, 11) is 0. The van der Waals surface area contributed by atoms with E-state index < -0.39 is 18.0 Å². The predicted octanol–water partition coefficient (Wildman–Crippen LogP) is 3.88. The van der Waals surface area contributed by atoms with Crippen molar-refractivity contribution in [2.24, 2.45) is 0 Å². The SMILES string of the molecule is CCc1cnc2c(c1)[C@@H](NC[C@H](O)[C@H](Cc1cc(F)cc(Cl)c1)NC(C)=O)CC1(CCC1)O2. The largest absolute Gasteiger partial charge is 0.471 e. The number of hydrogen-bond donors (Lipinski definition) is 3. The summed E-state index contributed by atoms with van der Waals surface area (Å²) in [6, 6.07) is 5.76. The van der Waals surface area contributed by atoms with E-state index in [1.54, 1.807) is 6.07 Å². The maximum atomic E-state index is 13.8. The number of aliphatic hydroxyl groups is 1. The van der Waals surface area contributed by atoms with Crippen LogP contribution in [0.3, 0.4) is 0 Å². The van der Waals surface area contributed by atoms with E-state index in [1.807, 2.05) is 6.20 Å². The number of amides is 1. The first-order chi connectivity index (χ1) is 15.8. The van der Waals surface area contributed by atoms with Gasteiger partial charge in [0.1, 0.15) is 11.4 Å². The van der Waals surface area contributed by atoms with Gasteiger partial charge in [-0.1, -0.05) is 18.5 Å². The van der Waals surface area contributed by atoms with Gasteiger partial charge in [0.2, 0.25) is 11.8 Å². The number of aliphatic hydroxyl groups excluding tert-OH is 1. The Morgan fingerprint density at radius 1 is 1.33 bits per heavy atom. The van der Waals surface area contributed by atoms with Crippen LogP contribution in [-0.4, -0.2) is 40.3 Å². The topological polar surface area (TPSA) is 83.5 Å². The van der Waals surface area contributed by atoms with Gasteiger partial charge in [0.15, 0.2) is 0 Å². The van der Waals surface area contributed by atoms with Crippen molar-refractivity contribution in [1.29, 1.82) is 0 Å². The Labute approximate surface area is 198 Å². The number of halogens is 2. The molecule has 1 amide bonds. The van der Waals surface area contributed by atoms with Crippen LogP contribution >= 0.6 is 11.6 Å². The number of fused-ring (bicyclic) bond motifs is 1. The number of nitrogens with zero attached hydrogens (tertiary/aromatic N) is 1. The molecule has 1 fully saturated rings. The first-order valence-electron chi connectivity index (χ1n) is 11.6. The Morgan fingerprint density at radius 2 is 2.12 bits per heavy atom. The first-order valence-corrected chi connectivity index (χ1v) is 12.0. The summed E-state index contributed by atoms with van der Waals surface area (Å²) >= 11 is 5.98. The third-order valence-electron chi connectivity index (χ3n) is 6.68. The smallest absolute Gasteiger partial charge is 0.218 e. The zero-order valence-electron chi connectivity index (χ0n) is 19.0. The summed E-state index contributed by atoms with van der Waals surface area (Å²) in [6.07, 6.45) is 6.06. The predicted molar refractivity (Wildman–Crippen MR) is 125 cm³/mol. The van der Waals surface area contributed by atoms with Gasteiger partial charge in [-0.15, -0.1) is 0 Å². The van der Waals surface area contributed by atoms with Crippen LogP contribution in [0, 0.1) is 5.82 Å². The average Bonchev–Trinajstić information content (AvgIpc) is 2.74. The summed E-state index contributed by atoms with van der Waals surface area (Å²) in [6.45, 7) is 3.74. The summed E-state index contributed by atoms with van der Waals surface area (Å²) < 4.78 is 20.1. The van der Waals surface area contributed by atoms with E-state index in [-0.39, 0.29) is 35.5 Å². The minimum absolute atomic E-state index is 0.00991. The van der Waals surface area contributed by atoms with Gasteiger partial charge in [0.25, 0.3) is 0 Å². The van der Waals surface area contributed by atoms with Gasteiger partial charge < -0.3 is 20.5 Å². The number of hydrogen-bond acceptors (Lipinski definition) is 5. The fourth-order valence-corrected chi connectivity index (χ4v) is 5.01. The van der Waals surface area contributed by atoms with Gasteiger partial charge in [0, 0.05) is 42.7 Å². The Hall–Kier alpha value is -2.22. The number of nitrogens with one attached hydrogen (secondary N) is 2. The molecule has 3 atom stereocenters. The number of carbonyl (C=O) groups excluding carboxylic acids is 1. The van der Waals surface area contributed by atoms with Gasteiger partial charge in [-0.3, -0.25) is 4.79 Å². The van der Waals surface area contributed by atoms with Crippen LogP contribution in [0.5, 0.6) is 5.88 Å². The lowest BCUT2D eigenvalue weighted by molar-refractivity contribution is -0.120. The molecule has 0 radical (unpaired) electrons. The Bertz CT molecular complexity index is 994. The molecule has 0 saturated heterocycles. The molecular weight excluding hydrogens is 445 g/mol. The van der Waals surface area contributed by atoms with Crippen molar-refractivity contribution in [3.05, 3.63) is 58.0 Å². The highest BCUT2D eigenvalue weighted by atomic mass is 35.5. The molecule has 3 N–H and O–H groups in total. The van der Waals surface area contributed by atoms with Gasteiger partial charge >= 0.3 is 0 Å². The highest BCUT2D eigenvalue weighted by molar-refractivity contribution is 6.30. The third-order valence-corrected chi connectivity index (χ3v) is 6.90. The van der Waals surface area contributed by atoms with Crippen LogP contribution in [-0.2, 0) is 17.6 Å². The van der Waals surface area contributed by atoms with Crippen LogP contribution in [0.2, 0.25) is 5.02 Å². The molecule has 4 rings (SSSR count). The average molecular weight is 476 g/mol. The quantitative estimate of drug-likeness (QED) is 0.539. The minimum Gasteiger partial charge on any atom is -0.471 e. The van der Waals surface area contributed by atoms with E-state index in [1.165, 1.54) is 19.1 Å². The van der Waals surface area contributed by atoms with Crippen molar-refractivity contribution in [3.8, 4) is 5.88 Å². The van der Waals surface area contributed by atoms with Crippen LogP contribution in [0.15, 0.2) is 30.5 Å². The Morgan fingerprint density at radius 3 is 2.76 bits per heavy atom. The van der Waals surface area contributed by atoms with Crippen molar-refractivity contribution < 1.29 is 19.0 Å². The molecule has 178 valence electrons. The number of aromatic nitrogens is 1. The van der Waals surface area contributed by atoms with Crippen molar-refractivity contribution in [1.82, 2.24) is 15.6 Å². The normalized spacial score (nSPS) is 20.3. The standard InChI is InChI=1S/C25H31ClFN3O3/c1-3-16-9-20-22(12-25(5-4-6-25)33-24(20)29-13-16)28-14-23(32)21(30-15(2)31)10-17-7-18(26)11-19(27)8-17/h7-9,11,13,21-23,28,32H,3-6,10,12,14H2,1-2H3,(H,30,31)/t21-,22-,23-/m0/s1. The van der Waals surface area contributed by atoms with E-state index in [0.29, 0.717) is 11.4 Å². The highest BCUT2D eigenvalue weighted by Crippen LogP contribution is 2.48. The fourth-order valence-electron chi connectivity index (χ4n) is 4.76. The molecule has 6 nitrogen and oxygen atoms in total. The molecule has 1 aromatic carbocycles. The van der Waals surface area contributed by atoms with Crippen molar-refractivity contribution >= 4 is 17.5 Å². The molecule has 1 saturated carbocycles. The van der Waals surface area contributed by atoms with E-state index in [4.69, 9.17) is 16.3 Å². The maximum absolute atomic E-state index is 13.8. The minimum atomic E-state index is -0.887. The zero-order chi connectivity index (χ0) is 23.6. The second-order valence-electron chi connectivity index (χ2n) is 9.25. The summed E-state index contributed by atoms with van der Waals surface area (Å²) in [4.78, 5) is 16.3. The van der Waals surface area contributed by atoms with E-state index in [9.17, 15) is 14.3 Å². The molecule has 0 bridgehead atoms. The molecule has 1 aromatic heterocycles. The van der Waals surface area contributed by atoms with E-state index in [2.05, 4.69) is 28.6 Å². The zero-order valence-corrected chi connectivity index (χ0v) is 19.8. The molecule has 1 spiro atoms. The number of aryl methyl sites for hydroxylation is 1. The van der Waals surface area contributed by atoms with Gasteiger partial charge in [-0.2, -0.15) is 0 Å². The lowest BCUT2D eigenvalue weighted by atomic mass is 9.73. The van der Waals surface area contributed by atoms with Crippen molar-refractivity contribution in [2.75, 3.05) is 6.54 Å². The number of ether oxygens (including phenoxy) is 1. The molecule has 2 aromatic rings. The lowest BCUT2D eigenvalue weighted by Gasteiger charge is -2.47. The summed E-state index contributed by atoms with van der Waals surface area (Å²) in [5.74, 6) is -0.0448. The first kappa shape index (κ1) is 23.9. The van der Waals surface area contributed by atoms with Crippen LogP contribution in [0.4, 0.5) is 4.39 Å². The van der Waals surface area contributed by atoms with Gasteiger partial charge in [-0.05, 0) is 67.5 Å². The molecular formula is C25H31ClFN3O3. The molecule has 8 heteroatoms. The Balaban J connectivity index is 1.49. The van der Waals surface area contributed by atoms with Crippen LogP contribution < -0.4 is 15.4 Å². The Kier molecular flexibility index (Phi) is 7.22. The number of benzene rings is 1. The van der Waals surface area contributed by atoms with Crippen molar-refractivity contribution in [3.63, 3.8) is 0 Å². The van der Waals surface area contributed by atoms with Gasteiger partial charge in [-0.25, -0.2) is 9.37 Å². The second-order valence-corrected chi connectivity index (χ2v) is 9.69. The summed E-state index contributed by atoms with van der Waals surface area (Å²) in [5, 5.41) is 17.6. The number of carbonyl (C=O) groups is 1. The number of rotatable bonds is 8. The molecule has 0 unspecified atom stereocenters.